The Balaban J connectivity index is 2.27. The number of carbonyl (C=O) groups is 1. The Hall–Kier alpha value is -0.650. The smallest absolute Gasteiger partial charge is 0.255 e. The highest BCUT2D eigenvalue weighted by molar-refractivity contribution is 9.11. The fourth-order valence-corrected chi connectivity index (χ4v) is 3.80. The second kappa shape index (κ2) is 6.87. The van der Waals surface area contributed by atoms with Gasteiger partial charge in [-0.2, -0.15) is 0 Å². The summed E-state index contributed by atoms with van der Waals surface area (Å²) in [5, 5.41) is 2.04. The van der Waals surface area contributed by atoms with E-state index in [1.54, 1.807) is 11.3 Å². The molecule has 2 aromatic rings. The van der Waals surface area contributed by atoms with Crippen molar-refractivity contribution >= 4 is 49.1 Å². The van der Waals surface area contributed by atoms with E-state index in [4.69, 9.17) is 0 Å². The van der Waals surface area contributed by atoms with Crippen LogP contribution >= 0.6 is 43.2 Å². The van der Waals surface area contributed by atoms with Crippen molar-refractivity contribution in [2.45, 2.75) is 26.4 Å². The van der Waals surface area contributed by atoms with Crippen LogP contribution in [0.25, 0.3) is 0 Å². The van der Waals surface area contributed by atoms with Crippen LogP contribution in [0.1, 0.15) is 29.1 Å². The highest BCUT2D eigenvalue weighted by atomic mass is 79.9. The number of rotatable bonds is 4. The van der Waals surface area contributed by atoms with Gasteiger partial charge in [0.15, 0.2) is 0 Å². The topological polar surface area (TPSA) is 20.3 Å². The van der Waals surface area contributed by atoms with Crippen LogP contribution in [-0.4, -0.2) is 16.8 Å². The molecule has 1 aromatic heterocycles. The maximum Gasteiger partial charge on any atom is 0.255 e. The fraction of sp³-hybridized carbons (Fsp3) is 0.267. The van der Waals surface area contributed by atoms with Gasteiger partial charge in [0.05, 0.1) is 12.1 Å². The van der Waals surface area contributed by atoms with Crippen LogP contribution in [0, 0.1) is 0 Å². The van der Waals surface area contributed by atoms with E-state index in [-0.39, 0.29) is 11.9 Å². The second-order valence-corrected chi connectivity index (χ2v) is 7.53. The van der Waals surface area contributed by atoms with E-state index in [1.165, 1.54) is 4.88 Å². The Morgan fingerprint density at radius 3 is 2.60 bits per heavy atom. The maximum atomic E-state index is 12.7. The first-order chi connectivity index (χ1) is 9.49. The van der Waals surface area contributed by atoms with E-state index >= 15 is 0 Å². The van der Waals surface area contributed by atoms with E-state index in [1.807, 2.05) is 48.4 Å². The highest BCUT2D eigenvalue weighted by Crippen LogP contribution is 2.25. The minimum absolute atomic E-state index is 0.0489. The number of hydrogen-bond acceptors (Lipinski definition) is 2. The summed E-state index contributed by atoms with van der Waals surface area (Å²) in [6.45, 7) is 4.73. The lowest BCUT2D eigenvalue weighted by Crippen LogP contribution is -2.36. The van der Waals surface area contributed by atoms with E-state index in [9.17, 15) is 4.79 Å². The zero-order valence-corrected chi connectivity index (χ0v) is 15.3. The van der Waals surface area contributed by atoms with E-state index in [0.29, 0.717) is 12.1 Å². The summed E-state index contributed by atoms with van der Waals surface area (Å²) in [4.78, 5) is 15.8. The molecule has 0 radical (unpaired) electrons. The van der Waals surface area contributed by atoms with Gasteiger partial charge < -0.3 is 4.90 Å². The van der Waals surface area contributed by atoms with Gasteiger partial charge in [0.25, 0.3) is 5.91 Å². The standard InChI is InChI=1S/C15H15Br2NOS/c1-10(2)18(9-12-4-3-7-20-12)15(19)13-6-5-11(16)8-14(13)17/h3-8,10H,9H2,1-2H3. The lowest BCUT2D eigenvalue weighted by atomic mass is 10.1. The molecule has 5 heteroatoms. The van der Waals surface area contributed by atoms with Gasteiger partial charge in [0.2, 0.25) is 0 Å². The average molecular weight is 417 g/mol. The van der Waals surface area contributed by atoms with Crippen LogP contribution < -0.4 is 0 Å². The first-order valence-electron chi connectivity index (χ1n) is 6.27. The van der Waals surface area contributed by atoms with Crippen molar-refractivity contribution < 1.29 is 4.79 Å². The fourth-order valence-electron chi connectivity index (χ4n) is 1.88. The Morgan fingerprint density at radius 1 is 1.30 bits per heavy atom. The number of halogens is 2. The number of benzene rings is 1. The molecule has 0 aliphatic rings. The molecule has 2 nitrogen and oxygen atoms in total. The molecule has 1 heterocycles. The van der Waals surface area contributed by atoms with Crippen LogP contribution in [0.4, 0.5) is 0 Å². The van der Waals surface area contributed by atoms with Gasteiger partial charge in [-0.25, -0.2) is 0 Å². The van der Waals surface area contributed by atoms with E-state index < -0.39 is 0 Å². The molecule has 0 atom stereocenters. The van der Waals surface area contributed by atoms with Crippen LogP contribution in [0.5, 0.6) is 0 Å². The Kier molecular flexibility index (Phi) is 5.41. The lowest BCUT2D eigenvalue weighted by Gasteiger charge is -2.26. The third kappa shape index (κ3) is 3.71. The molecule has 106 valence electrons. The molecule has 0 aliphatic carbocycles. The van der Waals surface area contributed by atoms with Gasteiger partial charge in [-0.1, -0.05) is 22.0 Å². The van der Waals surface area contributed by atoms with Crippen LogP contribution in [0.3, 0.4) is 0 Å². The second-order valence-electron chi connectivity index (χ2n) is 4.73. The predicted molar refractivity (Wildman–Crippen MR) is 91.2 cm³/mol. The summed E-state index contributed by atoms with van der Waals surface area (Å²) in [7, 11) is 0. The van der Waals surface area contributed by atoms with Crippen LogP contribution in [0.2, 0.25) is 0 Å². The quantitative estimate of drug-likeness (QED) is 0.659. The molecular weight excluding hydrogens is 402 g/mol. The molecule has 0 fully saturated rings. The summed E-state index contributed by atoms with van der Waals surface area (Å²) in [5.41, 5.74) is 0.693. The molecule has 0 spiro atoms. The summed E-state index contributed by atoms with van der Waals surface area (Å²) >= 11 is 8.55. The van der Waals surface area contributed by atoms with Crippen molar-refractivity contribution in [3.63, 3.8) is 0 Å². The molecule has 0 N–H and O–H groups in total. The SMILES string of the molecule is CC(C)N(Cc1cccs1)C(=O)c1ccc(Br)cc1Br. The van der Waals surface area contributed by atoms with Crippen molar-refractivity contribution in [2.24, 2.45) is 0 Å². The van der Waals surface area contributed by atoms with Crippen molar-refractivity contribution in [3.05, 3.63) is 55.1 Å². The largest absolute Gasteiger partial charge is 0.331 e. The summed E-state index contributed by atoms with van der Waals surface area (Å²) in [5.74, 6) is 0.0489. The Labute approximate surface area is 140 Å². The number of nitrogens with zero attached hydrogens (tertiary/aromatic N) is 1. The molecule has 0 saturated heterocycles. The normalized spacial score (nSPS) is 10.8. The summed E-state index contributed by atoms with van der Waals surface area (Å²) < 4.78 is 1.77. The zero-order chi connectivity index (χ0) is 14.7. The number of carbonyl (C=O) groups excluding carboxylic acids is 1. The molecule has 20 heavy (non-hydrogen) atoms. The van der Waals surface area contributed by atoms with Gasteiger partial charge >= 0.3 is 0 Å². The van der Waals surface area contributed by atoms with Crippen molar-refractivity contribution in [2.75, 3.05) is 0 Å². The predicted octanol–water partition coefficient (Wildman–Crippen LogP) is 5.32. The molecular formula is C15H15Br2NOS. The van der Waals surface area contributed by atoms with Gasteiger partial charge in [-0.05, 0) is 59.4 Å². The molecule has 1 amide bonds. The van der Waals surface area contributed by atoms with Gasteiger partial charge in [0.1, 0.15) is 0 Å². The maximum absolute atomic E-state index is 12.7. The number of thiophene rings is 1. The summed E-state index contributed by atoms with van der Waals surface area (Å²) in [6, 6.07) is 9.86. The number of hydrogen-bond donors (Lipinski definition) is 0. The molecule has 0 aliphatic heterocycles. The first kappa shape index (κ1) is 15.7. The first-order valence-corrected chi connectivity index (χ1v) is 8.74. The third-order valence-electron chi connectivity index (χ3n) is 2.95. The van der Waals surface area contributed by atoms with Gasteiger partial charge in [-0.3, -0.25) is 4.79 Å². The van der Waals surface area contributed by atoms with E-state index in [0.717, 1.165) is 8.95 Å². The Morgan fingerprint density at radius 2 is 2.05 bits per heavy atom. The van der Waals surface area contributed by atoms with Crippen LogP contribution in [0.15, 0.2) is 44.7 Å². The molecule has 0 unspecified atom stereocenters. The monoisotopic (exact) mass is 415 g/mol. The molecule has 1 aromatic carbocycles. The van der Waals surface area contributed by atoms with Crippen molar-refractivity contribution in [1.29, 1.82) is 0 Å². The molecule has 0 saturated carbocycles. The van der Waals surface area contributed by atoms with E-state index in [2.05, 4.69) is 37.9 Å². The molecule has 0 bridgehead atoms. The highest BCUT2D eigenvalue weighted by Gasteiger charge is 2.21. The third-order valence-corrected chi connectivity index (χ3v) is 4.96. The van der Waals surface area contributed by atoms with Crippen molar-refractivity contribution in [3.8, 4) is 0 Å². The van der Waals surface area contributed by atoms with Gasteiger partial charge in [0, 0.05) is 19.9 Å². The Bertz CT molecular complexity index is 596. The average Bonchev–Trinajstić information content (AvgIpc) is 2.87. The number of amides is 1. The van der Waals surface area contributed by atoms with Gasteiger partial charge in [-0.15, -0.1) is 11.3 Å². The minimum atomic E-state index is 0.0489. The summed E-state index contributed by atoms with van der Waals surface area (Å²) in [6.07, 6.45) is 0. The minimum Gasteiger partial charge on any atom is -0.331 e. The lowest BCUT2D eigenvalue weighted by molar-refractivity contribution is 0.0691. The van der Waals surface area contributed by atoms with Crippen LogP contribution in [-0.2, 0) is 6.54 Å². The zero-order valence-electron chi connectivity index (χ0n) is 11.3. The van der Waals surface area contributed by atoms with Crippen molar-refractivity contribution in [1.82, 2.24) is 4.90 Å². The molecule has 2 rings (SSSR count).